The molecule has 0 spiro atoms. The van der Waals surface area contributed by atoms with Gasteiger partial charge in [-0.1, -0.05) is 29.8 Å². The second-order valence-corrected chi connectivity index (χ2v) is 7.31. The molecule has 0 bridgehead atoms. The van der Waals surface area contributed by atoms with Crippen LogP contribution in [0, 0.1) is 6.92 Å². The predicted molar refractivity (Wildman–Crippen MR) is 111 cm³/mol. The molecule has 1 aliphatic heterocycles. The van der Waals surface area contributed by atoms with Crippen molar-refractivity contribution in [2.75, 3.05) is 18.4 Å². The summed E-state index contributed by atoms with van der Waals surface area (Å²) in [7, 11) is 0. The number of benzene rings is 2. The van der Waals surface area contributed by atoms with Crippen LogP contribution in [-0.4, -0.2) is 35.1 Å². The van der Waals surface area contributed by atoms with E-state index in [1.54, 1.807) is 0 Å². The number of nitrogens with zero attached hydrogens (tertiary/aromatic N) is 1. The maximum Gasteiger partial charge on any atom is 0.251 e. The van der Waals surface area contributed by atoms with Crippen LogP contribution in [0.5, 0.6) is 0 Å². The number of likely N-dealkylation sites (tertiary alicyclic amines) is 1. The Kier molecular flexibility index (Phi) is 6.12. The molecule has 1 aliphatic rings. The number of hydrogen-bond acceptors (Lipinski definition) is 2. The summed E-state index contributed by atoms with van der Waals surface area (Å²) >= 11 is 11.4. The third kappa shape index (κ3) is 4.74. The smallest absolute Gasteiger partial charge is 0.251 e. The average molecular weight is 388 g/mol. The van der Waals surface area contributed by atoms with E-state index in [9.17, 15) is 4.79 Å². The Balaban J connectivity index is 1.49. The molecule has 2 aromatic rings. The second-order valence-electron chi connectivity index (χ2n) is 6.49. The Hall–Kier alpha value is -2.11. The van der Waals surface area contributed by atoms with Gasteiger partial charge in [0, 0.05) is 35.4 Å². The molecule has 1 fully saturated rings. The van der Waals surface area contributed by atoms with E-state index in [2.05, 4.69) is 15.5 Å². The molecule has 0 radical (unpaired) electrons. The second kappa shape index (κ2) is 8.52. The van der Waals surface area contributed by atoms with Crippen LogP contribution in [0.3, 0.4) is 0 Å². The molecular weight excluding hydrogens is 366 g/mol. The molecule has 1 amide bonds. The molecule has 2 aromatic carbocycles. The van der Waals surface area contributed by atoms with E-state index >= 15 is 0 Å². The van der Waals surface area contributed by atoms with Crippen LogP contribution in [-0.2, 0) is 0 Å². The highest BCUT2D eigenvalue weighted by molar-refractivity contribution is 7.80. The summed E-state index contributed by atoms with van der Waals surface area (Å²) in [6.45, 7) is 3.59. The fourth-order valence-corrected chi connectivity index (χ4v) is 3.48. The van der Waals surface area contributed by atoms with Crippen LogP contribution in [0.2, 0.25) is 5.02 Å². The molecule has 1 heterocycles. The van der Waals surface area contributed by atoms with E-state index in [0.29, 0.717) is 10.1 Å². The SMILES string of the molecule is Cc1ccccc1C(=O)NC1CCN(C(=S)Nc2ccc(Cl)cc2)CC1. The van der Waals surface area contributed by atoms with Gasteiger partial charge in [0.15, 0.2) is 5.11 Å². The van der Waals surface area contributed by atoms with Crippen molar-refractivity contribution in [1.29, 1.82) is 0 Å². The molecule has 0 unspecified atom stereocenters. The summed E-state index contributed by atoms with van der Waals surface area (Å²) in [6, 6.07) is 15.3. The lowest BCUT2D eigenvalue weighted by molar-refractivity contribution is 0.0922. The fraction of sp³-hybridized carbons (Fsp3) is 0.300. The number of hydrogen-bond donors (Lipinski definition) is 2. The highest BCUT2D eigenvalue weighted by Gasteiger charge is 2.23. The Morgan fingerprint density at radius 1 is 1.12 bits per heavy atom. The number of thiocarbonyl (C=S) groups is 1. The molecule has 2 N–H and O–H groups in total. The third-order valence-corrected chi connectivity index (χ3v) is 5.21. The minimum absolute atomic E-state index is 0.00316. The molecule has 0 atom stereocenters. The van der Waals surface area contributed by atoms with Crippen molar-refractivity contribution in [1.82, 2.24) is 10.2 Å². The molecular formula is C20H22ClN3OS. The zero-order valence-electron chi connectivity index (χ0n) is 14.7. The van der Waals surface area contributed by atoms with Gasteiger partial charge < -0.3 is 15.5 Å². The van der Waals surface area contributed by atoms with Crippen LogP contribution in [0.15, 0.2) is 48.5 Å². The molecule has 4 nitrogen and oxygen atoms in total. The summed E-state index contributed by atoms with van der Waals surface area (Å²) in [5, 5.41) is 7.79. The summed E-state index contributed by atoms with van der Waals surface area (Å²) in [5.74, 6) is 0.00316. The number of halogens is 1. The first kappa shape index (κ1) is 18.7. The summed E-state index contributed by atoms with van der Waals surface area (Å²) in [4.78, 5) is 14.6. The first-order chi connectivity index (χ1) is 12.5. The normalized spacial score (nSPS) is 14.8. The monoisotopic (exact) mass is 387 g/mol. The van der Waals surface area contributed by atoms with Crippen molar-refractivity contribution in [3.8, 4) is 0 Å². The number of anilines is 1. The number of carbonyl (C=O) groups is 1. The fourth-order valence-electron chi connectivity index (χ4n) is 3.05. The molecule has 0 aromatic heterocycles. The van der Waals surface area contributed by atoms with Gasteiger partial charge in [0.2, 0.25) is 0 Å². The van der Waals surface area contributed by atoms with Gasteiger partial charge in [0.1, 0.15) is 0 Å². The van der Waals surface area contributed by atoms with Gasteiger partial charge in [0.25, 0.3) is 5.91 Å². The zero-order valence-corrected chi connectivity index (χ0v) is 16.2. The van der Waals surface area contributed by atoms with Crippen molar-refractivity contribution < 1.29 is 4.79 Å². The lowest BCUT2D eigenvalue weighted by atomic mass is 10.0. The van der Waals surface area contributed by atoms with Gasteiger partial charge in [-0.2, -0.15) is 0 Å². The highest BCUT2D eigenvalue weighted by Crippen LogP contribution is 2.17. The molecule has 0 saturated carbocycles. The minimum atomic E-state index is 0.00316. The third-order valence-electron chi connectivity index (χ3n) is 4.60. The number of carbonyl (C=O) groups excluding carboxylic acids is 1. The van der Waals surface area contributed by atoms with Crippen molar-refractivity contribution in [3.63, 3.8) is 0 Å². The van der Waals surface area contributed by atoms with Gasteiger partial charge >= 0.3 is 0 Å². The number of aryl methyl sites for hydroxylation is 1. The highest BCUT2D eigenvalue weighted by atomic mass is 35.5. The summed E-state index contributed by atoms with van der Waals surface area (Å²) in [5.41, 5.74) is 2.67. The van der Waals surface area contributed by atoms with Crippen molar-refractivity contribution in [2.45, 2.75) is 25.8 Å². The van der Waals surface area contributed by atoms with Crippen LogP contribution < -0.4 is 10.6 Å². The molecule has 1 saturated heterocycles. The zero-order chi connectivity index (χ0) is 18.5. The van der Waals surface area contributed by atoms with Crippen LogP contribution in [0.25, 0.3) is 0 Å². The van der Waals surface area contributed by atoms with E-state index in [1.165, 1.54) is 0 Å². The number of nitrogens with one attached hydrogen (secondary N) is 2. The van der Waals surface area contributed by atoms with Crippen molar-refractivity contribution >= 4 is 40.5 Å². The quantitative estimate of drug-likeness (QED) is 0.773. The van der Waals surface area contributed by atoms with Crippen molar-refractivity contribution in [3.05, 3.63) is 64.7 Å². The molecule has 136 valence electrons. The lowest BCUT2D eigenvalue weighted by Crippen LogP contribution is -2.47. The Labute approximate surface area is 164 Å². The molecule has 6 heteroatoms. The van der Waals surface area contributed by atoms with Gasteiger partial charge in [-0.15, -0.1) is 0 Å². The van der Waals surface area contributed by atoms with Crippen LogP contribution >= 0.6 is 23.8 Å². The van der Waals surface area contributed by atoms with Gasteiger partial charge in [0.05, 0.1) is 0 Å². The number of rotatable bonds is 3. The van der Waals surface area contributed by atoms with E-state index in [4.69, 9.17) is 23.8 Å². The predicted octanol–water partition coefficient (Wildman–Crippen LogP) is 4.24. The summed E-state index contributed by atoms with van der Waals surface area (Å²) < 4.78 is 0. The van der Waals surface area contributed by atoms with E-state index in [-0.39, 0.29) is 11.9 Å². The van der Waals surface area contributed by atoms with Crippen molar-refractivity contribution in [2.24, 2.45) is 0 Å². The molecule has 3 rings (SSSR count). The maximum absolute atomic E-state index is 12.4. The largest absolute Gasteiger partial charge is 0.349 e. The van der Waals surface area contributed by atoms with E-state index in [0.717, 1.165) is 42.7 Å². The Morgan fingerprint density at radius 2 is 1.77 bits per heavy atom. The summed E-state index contributed by atoms with van der Waals surface area (Å²) in [6.07, 6.45) is 1.75. The van der Waals surface area contributed by atoms with Crippen LogP contribution in [0.1, 0.15) is 28.8 Å². The Morgan fingerprint density at radius 3 is 2.42 bits per heavy atom. The topological polar surface area (TPSA) is 44.4 Å². The number of amides is 1. The van der Waals surface area contributed by atoms with Gasteiger partial charge in [-0.3, -0.25) is 4.79 Å². The molecule has 0 aliphatic carbocycles. The van der Waals surface area contributed by atoms with Gasteiger partial charge in [-0.25, -0.2) is 0 Å². The number of piperidine rings is 1. The van der Waals surface area contributed by atoms with Crippen LogP contribution in [0.4, 0.5) is 5.69 Å². The molecule has 26 heavy (non-hydrogen) atoms. The van der Waals surface area contributed by atoms with Gasteiger partial charge in [-0.05, 0) is 67.9 Å². The van der Waals surface area contributed by atoms with E-state index < -0.39 is 0 Å². The maximum atomic E-state index is 12.4. The first-order valence-corrected chi connectivity index (χ1v) is 9.49. The lowest BCUT2D eigenvalue weighted by Gasteiger charge is -2.34. The minimum Gasteiger partial charge on any atom is -0.349 e. The van der Waals surface area contributed by atoms with E-state index in [1.807, 2.05) is 55.5 Å². The first-order valence-electron chi connectivity index (χ1n) is 8.71. The average Bonchev–Trinajstić information content (AvgIpc) is 2.64. The standard InChI is InChI=1S/C20H22ClN3OS/c1-14-4-2-3-5-18(14)19(25)22-17-10-12-24(13-11-17)20(26)23-16-8-6-15(21)7-9-16/h2-9,17H,10-13H2,1H3,(H,22,25)(H,23,26). The Bertz CT molecular complexity index is 786.